The van der Waals surface area contributed by atoms with Crippen LogP contribution in [0, 0.1) is 0 Å². The van der Waals surface area contributed by atoms with E-state index in [1.165, 1.54) is 12.7 Å². The first-order valence-electron chi connectivity index (χ1n) is 12.2. The monoisotopic (exact) mass is 484 g/mol. The summed E-state index contributed by atoms with van der Waals surface area (Å²) in [6.07, 6.45) is 9.76. The highest BCUT2D eigenvalue weighted by Crippen LogP contribution is 2.26. The van der Waals surface area contributed by atoms with Crippen molar-refractivity contribution >= 4 is 28.7 Å². The Morgan fingerprint density at radius 3 is 2.86 bits per heavy atom. The number of nitrogens with one attached hydrogen (secondary N) is 1. The third-order valence-corrected chi connectivity index (χ3v) is 6.99. The molecule has 4 aromatic rings. The van der Waals surface area contributed by atoms with Gasteiger partial charge < -0.3 is 15.0 Å². The van der Waals surface area contributed by atoms with E-state index in [9.17, 15) is 4.79 Å². The van der Waals surface area contributed by atoms with Crippen molar-refractivity contribution in [2.24, 2.45) is 5.10 Å². The van der Waals surface area contributed by atoms with Crippen LogP contribution in [0.1, 0.15) is 42.6 Å². The van der Waals surface area contributed by atoms with Gasteiger partial charge >= 0.3 is 6.09 Å². The van der Waals surface area contributed by atoms with Gasteiger partial charge in [0.15, 0.2) is 0 Å². The second kappa shape index (κ2) is 9.10. The number of nitrogens with zero attached hydrogens (tertiary/aromatic N) is 7. The van der Waals surface area contributed by atoms with E-state index in [1.807, 2.05) is 34.0 Å². The molecular formula is C26H28N8O2. The Kier molecular flexibility index (Phi) is 5.63. The van der Waals surface area contributed by atoms with Gasteiger partial charge in [-0.15, -0.1) is 0 Å². The predicted octanol–water partition coefficient (Wildman–Crippen LogP) is 3.69. The quantitative estimate of drug-likeness (QED) is 0.474. The summed E-state index contributed by atoms with van der Waals surface area (Å²) in [5.74, 6) is 0.742. The molecule has 0 spiro atoms. The minimum atomic E-state index is -0.265. The van der Waals surface area contributed by atoms with Gasteiger partial charge in [0.05, 0.1) is 48.5 Å². The summed E-state index contributed by atoms with van der Waals surface area (Å²) in [5, 5.41) is 14.2. The summed E-state index contributed by atoms with van der Waals surface area (Å²) in [6, 6.07) is 10.6. The van der Waals surface area contributed by atoms with E-state index in [-0.39, 0.29) is 18.2 Å². The van der Waals surface area contributed by atoms with Crippen molar-refractivity contribution < 1.29 is 9.53 Å². The third-order valence-electron chi connectivity index (χ3n) is 6.99. The third kappa shape index (κ3) is 4.08. The van der Waals surface area contributed by atoms with Crippen molar-refractivity contribution in [2.45, 2.75) is 38.3 Å². The predicted molar refractivity (Wildman–Crippen MR) is 136 cm³/mol. The molecule has 0 bridgehead atoms. The first kappa shape index (κ1) is 22.3. The number of fused-ring (bicyclic) bond motifs is 2. The fourth-order valence-electron chi connectivity index (χ4n) is 5.03. The van der Waals surface area contributed by atoms with Crippen molar-refractivity contribution in [2.75, 3.05) is 25.5 Å². The number of rotatable bonds is 4. The minimum absolute atomic E-state index is 0.00156. The largest absolute Gasteiger partial charge is 0.453 e. The molecule has 1 N–H and O–H groups in total. The average Bonchev–Trinajstić information content (AvgIpc) is 3.55. The van der Waals surface area contributed by atoms with E-state index in [1.54, 1.807) is 4.90 Å². The number of imidazole rings is 1. The summed E-state index contributed by atoms with van der Waals surface area (Å²) in [6.45, 7) is 3.41. The molecule has 1 unspecified atom stereocenters. The number of hydrogen-bond acceptors (Lipinski definition) is 7. The number of hydrogen-bond donors (Lipinski definition) is 1. The number of pyridine rings is 1. The molecule has 1 amide bonds. The van der Waals surface area contributed by atoms with Crippen LogP contribution in [-0.2, 0) is 11.2 Å². The minimum Gasteiger partial charge on any atom is -0.453 e. The van der Waals surface area contributed by atoms with Gasteiger partial charge in [-0.1, -0.05) is 12.1 Å². The zero-order valence-electron chi connectivity index (χ0n) is 20.3. The normalized spacial score (nSPS) is 18.0. The fourth-order valence-corrected chi connectivity index (χ4v) is 5.03. The highest BCUT2D eigenvalue weighted by Gasteiger charge is 2.27. The van der Waals surface area contributed by atoms with Gasteiger partial charge in [-0.25, -0.2) is 14.5 Å². The summed E-state index contributed by atoms with van der Waals surface area (Å²) < 4.78 is 8.75. The molecule has 1 atom stereocenters. The molecule has 1 aromatic carbocycles. The number of aromatic nitrogens is 5. The number of benzene rings is 1. The Balaban J connectivity index is 1.23. The maximum atomic E-state index is 11.8. The van der Waals surface area contributed by atoms with Gasteiger partial charge in [-0.05, 0) is 43.5 Å². The topological polar surface area (TPSA) is 102 Å². The molecule has 0 aliphatic carbocycles. The molecule has 36 heavy (non-hydrogen) atoms. The van der Waals surface area contributed by atoms with E-state index < -0.39 is 0 Å². The van der Waals surface area contributed by atoms with E-state index in [2.05, 4.69) is 57.8 Å². The van der Waals surface area contributed by atoms with Crippen LogP contribution in [0.3, 0.4) is 0 Å². The molecule has 0 saturated carbocycles. The zero-order chi connectivity index (χ0) is 24.6. The Labute approximate surface area is 208 Å². The first-order chi connectivity index (χ1) is 17.6. The molecule has 2 aliphatic heterocycles. The van der Waals surface area contributed by atoms with Crippen LogP contribution in [0.4, 0.5) is 10.7 Å². The standard InChI is InChI=1S/C26H28N8O2/c1-17-24(20-14-29-33(16-20)21-7-10-32(11-8-21)26(35)36-2)31-34-22(15-28-25(34)30-17)13-18-5-6-23-19(12-18)4-3-9-27-23/h3-6,9,12,14-17,21H,7-8,10-11,13H2,1-2H3,(H,28,30). The summed E-state index contributed by atoms with van der Waals surface area (Å²) in [7, 11) is 1.42. The molecule has 2 aliphatic rings. The molecule has 6 rings (SSSR count). The van der Waals surface area contributed by atoms with Crippen molar-refractivity contribution in [3.05, 3.63) is 71.9 Å². The van der Waals surface area contributed by atoms with Crippen LogP contribution in [0.15, 0.2) is 60.2 Å². The van der Waals surface area contributed by atoms with Crippen molar-refractivity contribution in [1.29, 1.82) is 0 Å². The molecule has 1 saturated heterocycles. The Hall–Kier alpha value is -4.21. The lowest BCUT2D eigenvalue weighted by Crippen LogP contribution is -2.39. The van der Waals surface area contributed by atoms with Gasteiger partial charge in [0.2, 0.25) is 5.95 Å². The summed E-state index contributed by atoms with van der Waals surface area (Å²) in [4.78, 5) is 22.5. The van der Waals surface area contributed by atoms with E-state index in [0.717, 1.165) is 46.7 Å². The van der Waals surface area contributed by atoms with Crippen LogP contribution in [0.25, 0.3) is 10.9 Å². The number of amides is 1. The average molecular weight is 485 g/mol. The lowest BCUT2D eigenvalue weighted by molar-refractivity contribution is 0.105. The molecule has 5 heterocycles. The van der Waals surface area contributed by atoms with E-state index in [0.29, 0.717) is 19.5 Å². The number of carbonyl (C=O) groups excluding carboxylic acids is 1. The van der Waals surface area contributed by atoms with Crippen LogP contribution < -0.4 is 5.32 Å². The zero-order valence-corrected chi connectivity index (χ0v) is 20.3. The van der Waals surface area contributed by atoms with Crippen LogP contribution in [0.5, 0.6) is 0 Å². The summed E-state index contributed by atoms with van der Waals surface area (Å²) in [5.41, 5.74) is 5.07. The molecular weight excluding hydrogens is 456 g/mol. The second-order valence-electron chi connectivity index (χ2n) is 9.34. The Bertz CT molecular complexity index is 1450. The second-order valence-corrected chi connectivity index (χ2v) is 9.34. The van der Waals surface area contributed by atoms with Crippen molar-refractivity contribution in [3.8, 4) is 0 Å². The number of carbonyl (C=O) groups is 1. The van der Waals surface area contributed by atoms with E-state index >= 15 is 0 Å². The smallest absolute Gasteiger partial charge is 0.409 e. The van der Waals surface area contributed by atoms with Gasteiger partial charge in [-0.3, -0.25) is 9.67 Å². The van der Waals surface area contributed by atoms with Gasteiger partial charge in [0.25, 0.3) is 0 Å². The number of piperidine rings is 1. The maximum Gasteiger partial charge on any atom is 0.409 e. The highest BCUT2D eigenvalue weighted by atomic mass is 16.5. The maximum absolute atomic E-state index is 11.8. The van der Waals surface area contributed by atoms with Crippen LogP contribution in [0.2, 0.25) is 0 Å². The molecule has 10 heteroatoms. The lowest BCUT2D eigenvalue weighted by Gasteiger charge is -2.31. The lowest BCUT2D eigenvalue weighted by atomic mass is 10.1. The highest BCUT2D eigenvalue weighted by molar-refractivity contribution is 6.05. The van der Waals surface area contributed by atoms with E-state index in [4.69, 9.17) is 9.84 Å². The molecule has 3 aromatic heterocycles. The van der Waals surface area contributed by atoms with Crippen LogP contribution in [-0.4, -0.2) is 67.4 Å². The molecule has 0 radical (unpaired) electrons. The fraction of sp³-hybridized carbons (Fsp3) is 0.346. The van der Waals surface area contributed by atoms with Gasteiger partial charge in [0, 0.05) is 42.9 Å². The number of likely N-dealkylation sites (tertiary alicyclic amines) is 1. The summed E-state index contributed by atoms with van der Waals surface area (Å²) >= 11 is 0. The molecule has 1 fully saturated rings. The number of ether oxygens (including phenoxy) is 1. The van der Waals surface area contributed by atoms with Gasteiger partial charge in [0.1, 0.15) is 0 Å². The Morgan fingerprint density at radius 1 is 1.17 bits per heavy atom. The van der Waals surface area contributed by atoms with Crippen LogP contribution >= 0.6 is 0 Å². The van der Waals surface area contributed by atoms with Gasteiger partial charge in [-0.2, -0.15) is 10.2 Å². The van der Waals surface area contributed by atoms with Crippen molar-refractivity contribution in [3.63, 3.8) is 0 Å². The Morgan fingerprint density at radius 2 is 2.03 bits per heavy atom. The number of methoxy groups -OCH3 is 1. The molecule has 10 nitrogen and oxygen atoms in total. The first-order valence-corrected chi connectivity index (χ1v) is 12.2. The SMILES string of the molecule is COC(=O)N1CCC(n2cc(C3=Nn4c(Cc5ccc6ncccc6c5)cnc4NC3C)cn2)CC1. The van der Waals surface area contributed by atoms with Crippen molar-refractivity contribution in [1.82, 2.24) is 29.3 Å². The number of anilines is 1. The molecule has 184 valence electrons.